The molecule has 4 rings (SSSR count). The lowest BCUT2D eigenvalue weighted by Gasteiger charge is -2.36. The smallest absolute Gasteiger partial charge is 0.192 e. The minimum absolute atomic E-state index is 0.0863. The molecule has 0 amide bonds. The molecule has 4 aromatic carbocycles. The van der Waals surface area contributed by atoms with E-state index in [2.05, 4.69) is 127 Å². The van der Waals surface area contributed by atoms with E-state index in [9.17, 15) is 8.78 Å². The van der Waals surface area contributed by atoms with Gasteiger partial charge in [-0.1, -0.05) is 119 Å². The molecule has 9 heteroatoms. The number of methoxy groups -OCH3 is 2. The first-order chi connectivity index (χ1) is 26.9. The first-order valence-electron chi connectivity index (χ1n) is 20.8. The summed E-state index contributed by atoms with van der Waals surface area (Å²) in [6.07, 6.45) is 0.854. The number of hydrogen-bond donors (Lipinski definition) is 0. The summed E-state index contributed by atoms with van der Waals surface area (Å²) in [7, 11) is -0.517. The van der Waals surface area contributed by atoms with Crippen LogP contribution in [0.15, 0.2) is 72.8 Å². The van der Waals surface area contributed by atoms with Gasteiger partial charge in [0.05, 0.1) is 32.8 Å². The van der Waals surface area contributed by atoms with E-state index in [-0.39, 0.29) is 37.9 Å². The first kappa shape index (κ1) is 50.3. The van der Waals surface area contributed by atoms with Gasteiger partial charge in [0.15, 0.2) is 16.6 Å². The zero-order valence-electron chi connectivity index (χ0n) is 39.4. The molecule has 0 aliphatic heterocycles. The Morgan fingerprint density at radius 2 is 0.949 bits per heavy atom. The highest BCUT2D eigenvalue weighted by atomic mass is 35.5. The third kappa shape index (κ3) is 13.7. The topological polar surface area (TPSA) is 36.9 Å². The number of alkyl halides is 1. The van der Waals surface area contributed by atoms with E-state index in [1.165, 1.54) is 12.1 Å². The summed E-state index contributed by atoms with van der Waals surface area (Å²) in [5, 5.41) is 0.0242. The van der Waals surface area contributed by atoms with E-state index >= 15 is 0 Å². The summed E-state index contributed by atoms with van der Waals surface area (Å²) in [4.78, 5) is 0. The van der Waals surface area contributed by atoms with Crippen LogP contribution in [0.5, 0.6) is 11.5 Å². The number of halogens is 3. The molecule has 4 nitrogen and oxygen atoms in total. The number of rotatable bonds is 12. The fourth-order valence-corrected chi connectivity index (χ4v) is 8.08. The Hall–Kier alpha value is -3.02. The standard InChI is InChI=1S/C25H36ClFO2Si.C25H37FO2Si/c1-24(2,3)23(26)21-14-17(16-29-30(8,9)25(4,5)6)10-12-19(21)20-15-18(28-7)11-13-22(20)27;1-24(2,3)16-19-14-18(17-28-29(8,9)25(4,5)6)10-12-21(19)22-15-20(27-7)11-13-23(22)26/h10-15,23H,16H2,1-9H3;10-15H,16-17H2,1-9H3. The summed E-state index contributed by atoms with van der Waals surface area (Å²) in [6.45, 7) is 36.5. The minimum atomic E-state index is -1.88. The van der Waals surface area contributed by atoms with Gasteiger partial charge in [0.2, 0.25) is 0 Å². The van der Waals surface area contributed by atoms with E-state index in [0.717, 1.165) is 39.8 Å². The quantitative estimate of drug-likeness (QED) is 0.105. The van der Waals surface area contributed by atoms with Gasteiger partial charge >= 0.3 is 0 Å². The molecule has 0 saturated carbocycles. The highest BCUT2D eigenvalue weighted by Crippen LogP contribution is 2.45. The molecule has 4 aromatic rings. The monoisotopic (exact) mass is 866 g/mol. The zero-order valence-corrected chi connectivity index (χ0v) is 42.1. The van der Waals surface area contributed by atoms with Crippen molar-refractivity contribution in [2.45, 2.75) is 144 Å². The molecule has 0 bridgehead atoms. The fourth-order valence-electron chi connectivity index (χ4n) is 5.98. The van der Waals surface area contributed by atoms with E-state index in [4.69, 9.17) is 29.9 Å². The molecule has 1 atom stereocenters. The van der Waals surface area contributed by atoms with Gasteiger partial charge in [-0.15, -0.1) is 11.6 Å². The van der Waals surface area contributed by atoms with Crippen LogP contribution in [0.4, 0.5) is 8.78 Å². The second-order valence-electron chi connectivity index (χ2n) is 21.2. The molecule has 59 heavy (non-hydrogen) atoms. The number of benzene rings is 4. The molecule has 0 heterocycles. The average molecular weight is 868 g/mol. The summed E-state index contributed by atoms with van der Waals surface area (Å²) in [5.41, 5.74) is 6.93. The lowest BCUT2D eigenvalue weighted by molar-refractivity contribution is 0.276. The lowest BCUT2D eigenvalue weighted by Crippen LogP contribution is -2.40. The van der Waals surface area contributed by atoms with Crippen molar-refractivity contribution < 1.29 is 27.1 Å². The predicted octanol–water partition coefficient (Wildman–Crippen LogP) is 16.0. The third-order valence-corrected chi connectivity index (χ3v) is 21.6. The van der Waals surface area contributed by atoms with Crippen LogP contribution in [0.25, 0.3) is 22.3 Å². The summed E-state index contributed by atoms with van der Waals surface area (Å²) < 4.78 is 52.9. The van der Waals surface area contributed by atoms with Gasteiger partial charge < -0.3 is 18.3 Å². The Balaban J connectivity index is 0.000000316. The molecule has 0 aliphatic rings. The van der Waals surface area contributed by atoms with Crippen LogP contribution in [-0.2, 0) is 28.5 Å². The molecule has 0 aromatic heterocycles. The third-order valence-electron chi connectivity index (χ3n) is 11.8. The van der Waals surface area contributed by atoms with E-state index in [0.29, 0.717) is 35.8 Å². The Kier molecular flexibility index (Phi) is 16.5. The van der Waals surface area contributed by atoms with Crippen molar-refractivity contribution >= 4 is 28.2 Å². The Labute approximate surface area is 363 Å². The Bertz CT molecular complexity index is 2020. The van der Waals surface area contributed by atoms with Gasteiger partial charge in [-0.2, -0.15) is 0 Å². The van der Waals surface area contributed by atoms with Gasteiger partial charge in [-0.25, -0.2) is 8.78 Å². The van der Waals surface area contributed by atoms with Crippen molar-refractivity contribution in [3.63, 3.8) is 0 Å². The van der Waals surface area contributed by atoms with Crippen LogP contribution in [0.2, 0.25) is 36.3 Å². The average Bonchev–Trinajstić information content (AvgIpc) is 3.12. The first-order valence-corrected chi connectivity index (χ1v) is 27.0. The summed E-state index contributed by atoms with van der Waals surface area (Å²) in [5.74, 6) is 0.754. The zero-order chi connectivity index (χ0) is 44.9. The highest BCUT2D eigenvalue weighted by Gasteiger charge is 2.38. The van der Waals surface area contributed by atoms with Gasteiger partial charge in [-0.05, 0) is 123 Å². The maximum Gasteiger partial charge on any atom is 0.192 e. The Morgan fingerprint density at radius 3 is 1.34 bits per heavy atom. The van der Waals surface area contributed by atoms with Gasteiger partial charge in [-0.3, -0.25) is 0 Å². The predicted molar refractivity (Wildman–Crippen MR) is 252 cm³/mol. The summed E-state index contributed by atoms with van der Waals surface area (Å²) in [6, 6.07) is 22.0. The van der Waals surface area contributed by atoms with Crippen molar-refractivity contribution in [1.82, 2.24) is 0 Å². The molecule has 0 N–H and O–H groups in total. The van der Waals surface area contributed by atoms with Crippen molar-refractivity contribution in [1.29, 1.82) is 0 Å². The SMILES string of the molecule is COc1ccc(F)c(-c2ccc(CO[Si](C)(C)C(C)(C)C)cc2C(Cl)C(C)(C)C)c1.COc1ccc(F)c(-c2ccc(CO[Si](C)(C)C(C)(C)C)cc2CC(C)(C)C)c1. The fraction of sp³-hybridized carbons (Fsp3) is 0.520. The number of ether oxygens (including phenoxy) is 2. The van der Waals surface area contributed by atoms with Crippen molar-refractivity contribution in [3.8, 4) is 33.8 Å². The normalized spacial score (nSPS) is 13.4. The van der Waals surface area contributed by atoms with Crippen LogP contribution in [0.1, 0.15) is 111 Å². The van der Waals surface area contributed by atoms with Crippen LogP contribution < -0.4 is 9.47 Å². The van der Waals surface area contributed by atoms with Crippen LogP contribution in [-0.4, -0.2) is 30.9 Å². The van der Waals surface area contributed by atoms with Crippen molar-refractivity contribution in [2.24, 2.45) is 10.8 Å². The lowest BCUT2D eigenvalue weighted by atomic mass is 9.83. The number of hydrogen-bond acceptors (Lipinski definition) is 4. The second-order valence-corrected chi connectivity index (χ2v) is 31.2. The van der Waals surface area contributed by atoms with E-state index in [1.807, 2.05) is 18.2 Å². The van der Waals surface area contributed by atoms with Crippen molar-refractivity contribution in [3.05, 3.63) is 107 Å². The molecule has 0 spiro atoms. The summed E-state index contributed by atoms with van der Waals surface area (Å²) >= 11 is 6.91. The van der Waals surface area contributed by atoms with Crippen LogP contribution in [0.3, 0.4) is 0 Å². The minimum Gasteiger partial charge on any atom is -0.497 e. The maximum absolute atomic E-state index is 14.7. The molecular weight excluding hydrogens is 794 g/mol. The van der Waals surface area contributed by atoms with Crippen LogP contribution in [0, 0.1) is 22.5 Å². The maximum atomic E-state index is 14.7. The van der Waals surface area contributed by atoms with E-state index in [1.54, 1.807) is 38.5 Å². The molecule has 0 aliphatic carbocycles. The largest absolute Gasteiger partial charge is 0.497 e. The highest BCUT2D eigenvalue weighted by molar-refractivity contribution is 6.74. The van der Waals surface area contributed by atoms with Gasteiger partial charge in [0.1, 0.15) is 23.1 Å². The van der Waals surface area contributed by atoms with Gasteiger partial charge in [0, 0.05) is 11.1 Å². The van der Waals surface area contributed by atoms with Crippen molar-refractivity contribution in [2.75, 3.05) is 14.2 Å². The molecule has 0 saturated heterocycles. The Morgan fingerprint density at radius 1 is 0.542 bits per heavy atom. The van der Waals surface area contributed by atoms with Gasteiger partial charge in [0.25, 0.3) is 0 Å². The molecule has 0 radical (unpaired) electrons. The molecule has 1 unspecified atom stereocenters. The van der Waals surface area contributed by atoms with E-state index < -0.39 is 16.6 Å². The second kappa shape index (κ2) is 19.4. The molecule has 0 fully saturated rings. The molecular formula is C50H73ClF2O4Si2. The van der Waals surface area contributed by atoms with Crippen LogP contribution >= 0.6 is 11.6 Å². The molecule has 326 valence electrons.